The van der Waals surface area contributed by atoms with Crippen molar-refractivity contribution < 1.29 is 19.4 Å². The fraction of sp³-hybridized carbons (Fsp3) is 0.846. The first-order chi connectivity index (χ1) is 9.52. The quantitative estimate of drug-likeness (QED) is 0.692. The van der Waals surface area contributed by atoms with Gasteiger partial charge in [0, 0.05) is 37.8 Å². The summed E-state index contributed by atoms with van der Waals surface area (Å²) < 4.78 is 5.42. The molecule has 20 heavy (non-hydrogen) atoms. The maximum atomic E-state index is 12.0. The van der Waals surface area contributed by atoms with E-state index in [1.165, 1.54) is 4.90 Å². The highest BCUT2D eigenvalue weighted by atomic mass is 32.2. The number of hydrogen-bond acceptors (Lipinski definition) is 4. The maximum absolute atomic E-state index is 12.0. The van der Waals surface area contributed by atoms with Crippen LogP contribution < -0.4 is 5.32 Å². The third kappa shape index (κ3) is 6.00. The molecule has 0 spiro atoms. The number of carboxylic acids is 1. The highest BCUT2D eigenvalue weighted by Gasteiger charge is 2.32. The summed E-state index contributed by atoms with van der Waals surface area (Å²) in [6.07, 6.45) is 0.735. The lowest BCUT2D eigenvalue weighted by atomic mass is 10.2. The zero-order valence-corrected chi connectivity index (χ0v) is 12.9. The summed E-state index contributed by atoms with van der Waals surface area (Å²) in [4.78, 5) is 24.5. The molecular formula is C13H24N2O4S. The van der Waals surface area contributed by atoms with E-state index in [0.29, 0.717) is 31.4 Å². The van der Waals surface area contributed by atoms with Crippen LogP contribution in [0, 0.1) is 5.92 Å². The molecule has 6 nitrogen and oxygen atoms in total. The highest BCUT2D eigenvalue weighted by molar-refractivity contribution is 7.99. The molecule has 0 saturated carbocycles. The van der Waals surface area contributed by atoms with Crippen LogP contribution in [0.4, 0.5) is 4.79 Å². The van der Waals surface area contributed by atoms with E-state index in [9.17, 15) is 9.59 Å². The fourth-order valence-electron chi connectivity index (χ4n) is 1.84. The monoisotopic (exact) mass is 304 g/mol. The Morgan fingerprint density at radius 1 is 1.50 bits per heavy atom. The first kappa shape index (κ1) is 17.1. The van der Waals surface area contributed by atoms with Crippen molar-refractivity contribution in [1.82, 2.24) is 10.2 Å². The van der Waals surface area contributed by atoms with E-state index in [4.69, 9.17) is 9.84 Å². The van der Waals surface area contributed by atoms with Gasteiger partial charge in [0.2, 0.25) is 0 Å². The Morgan fingerprint density at radius 3 is 2.90 bits per heavy atom. The van der Waals surface area contributed by atoms with E-state index in [0.717, 1.165) is 18.8 Å². The number of carbonyl (C=O) groups is 2. The van der Waals surface area contributed by atoms with Crippen molar-refractivity contribution in [2.75, 3.05) is 37.8 Å². The van der Waals surface area contributed by atoms with Crippen molar-refractivity contribution in [3.8, 4) is 0 Å². The molecule has 2 amide bonds. The third-order valence-electron chi connectivity index (χ3n) is 2.87. The molecule has 1 aliphatic heterocycles. The van der Waals surface area contributed by atoms with Crippen LogP contribution in [0.2, 0.25) is 0 Å². The number of amides is 2. The predicted molar refractivity (Wildman–Crippen MR) is 79.1 cm³/mol. The number of nitrogens with zero attached hydrogens (tertiary/aromatic N) is 1. The molecule has 116 valence electrons. The minimum absolute atomic E-state index is 0.290. The lowest BCUT2D eigenvalue weighted by Gasteiger charge is -2.32. The van der Waals surface area contributed by atoms with Crippen LogP contribution in [0.25, 0.3) is 0 Å². The van der Waals surface area contributed by atoms with Crippen LogP contribution in [0.1, 0.15) is 20.3 Å². The van der Waals surface area contributed by atoms with Gasteiger partial charge in [-0.15, -0.1) is 0 Å². The van der Waals surface area contributed by atoms with Gasteiger partial charge in [0.25, 0.3) is 0 Å². The van der Waals surface area contributed by atoms with E-state index < -0.39 is 12.0 Å². The summed E-state index contributed by atoms with van der Waals surface area (Å²) >= 11 is 1.57. The standard InChI is InChI=1S/C13H24N2O4S/c1-10(2)8-19-6-3-4-14-13(18)15-5-7-20-9-11(15)12(16)17/h10-11H,3-9H2,1-2H3,(H,14,18)(H,16,17). The van der Waals surface area contributed by atoms with Gasteiger partial charge in [0.15, 0.2) is 0 Å². The van der Waals surface area contributed by atoms with E-state index in [1.54, 1.807) is 11.8 Å². The van der Waals surface area contributed by atoms with Crippen LogP contribution in [-0.4, -0.2) is 65.9 Å². The van der Waals surface area contributed by atoms with Gasteiger partial charge < -0.3 is 20.1 Å². The van der Waals surface area contributed by atoms with Crippen LogP contribution in [0.5, 0.6) is 0 Å². The molecule has 1 rings (SSSR count). The number of nitrogens with one attached hydrogen (secondary N) is 1. The van der Waals surface area contributed by atoms with Crippen molar-refractivity contribution in [2.45, 2.75) is 26.3 Å². The first-order valence-corrected chi connectivity index (χ1v) is 8.10. The van der Waals surface area contributed by atoms with E-state index in [-0.39, 0.29) is 6.03 Å². The van der Waals surface area contributed by atoms with E-state index >= 15 is 0 Å². The predicted octanol–water partition coefficient (Wildman–Crippen LogP) is 1.26. The van der Waals surface area contributed by atoms with Gasteiger partial charge in [0.05, 0.1) is 0 Å². The summed E-state index contributed by atoms with van der Waals surface area (Å²) in [6.45, 7) is 6.49. The van der Waals surface area contributed by atoms with Gasteiger partial charge in [-0.2, -0.15) is 11.8 Å². The van der Waals surface area contributed by atoms with Gasteiger partial charge in [-0.1, -0.05) is 13.8 Å². The van der Waals surface area contributed by atoms with Gasteiger partial charge in [-0.3, -0.25) is 0 Å². The van der Waals surface area contributed by atoms with Crippen LogP contribution in [0.3, 0.4) is 0 Å². The number of carboxylic acid groups (broad SMARTS) is 1. The van der Waals surface area contributed by atoms with Gasteiger partial charge >= 0.3 is 12.0 Å². The second-order valence-electron chi connectivity index (χ2n) is 5.18. The van der Waals surface area contributed by atoms with Gasteiger partial charge in [-0.05, 0) is 12.3 Å². The molecule has 1 fully saturated rings. The third-order valence-corrected chi connectivity index (χ3v) is 3.89. The Kier molecular flexibility index (Phi) is 7.76. The fourth-order valence-corrected chi connectivity index (χ4v) is 2.88. The Hall–Kier alpha value is -0.950. The number of aliphatic carboxylic acids is 1. The molecule has 0 aliphatic carbocycles. The number of carbonyl (C=O) groups excluding carboxylic acids is 1. The van der Waals surface area contributed by atoms with Crippen molar-refractivity contribution >= 4 is 23.8 Å². The molecule has 1 heterocycles. The first-order valence-electron chi connectivity index (χ1n) is 6.95. The maximum Gasteiger partial charge on any atom is 0.327 e. The molecule has 0 bridgehead atoms. The largest absolute Gasteiger partial charge is 0.480 e. The molecule has 1 atom stereocenters. The topological polar surface area (TPSA) is 78.9 Å². The highest BCUT2D eigenvalue weighted by Crippen LogP contribution is 2.16. The SMILES string of the molecule is CC(C)COCCCNC(=O)N1CCSCC1C(=O)O. The lowest BCUT2D eigenvalue weighted by Crippen LogP contribution is -2.53. The molecule has 0 aromatic heterocycles. The van der Waals surface area contributed by atoms with Gasteiger partial charge in [0.1, 0.15) is 6.04 Å². The van der Waals surface area contributed by atoms with Crippen LogP contribution in [-0.2, 0) is 9.53 Å². The van der Waals surface area contributed by atoms with Crippen LogP contribution in [0.15, 0.2) is 0 Å². The second-order valence-corrected chi connectivity index (χ2v) is 6.33. The average Bonchev–Trinajstić information content (AvgIpc) is 2.42. The summed E-state index contributed by atoms with van der Waals surface area (Å²) in [6, 6.07) is -1.01. The molecule has 0 aromatic rings. The normalized spacial score (nSPS) is 19.1. The molecule has 7 heteroatoms. The number of ether oxygens (including phenoxy) is 1. The minimum Gasteiger partial charge on any atom is -0.480 e. The number of urea groups is 1. The molecule has 1 aliphatic rings. The molecule has 1 unspecified atom stereocenters. The molecule has 0 radical (unpaired) electrons. The number of thioether (sulfide) groups is 1. The van der Waals surface area contributed by atoms with E-state index in [2.05, 4.69) is 19.2 Å². The Morgan fingerprint density at radius 2 is 2.25 bits per heavy atom. The molecule has 1 saturated heterocycles. The second kappa shape index (κ2) is 9.07. The Labute approximate surface area is 124 Å². The van der Waals surface area contributed by atoms with E-state index in [1.807, 2.05) is 0 Å². The Balaban J connectivity index is 2.22. The lowest BCUT2D eigenvalue weighted by molar-refractivity contribution is -0.141. The minimum atomic E-state index is -0.937. The average molecular weight is 304 g/mol. The summed E-state index contributed by atoms with van der Waals surface area (Å²) in [7, 11) is 0. The van der Waals surface area contributed by atoms with Crippen molar-refractivity contribution in [2.24, 2.45) is 5.92 Å². The molecule has 0 aromatic carbocycles. The van der Waals surface area contributed by atoms with Crippen molar-refractivity contribution in [3.63, 3.8) is 0 Å². The number of hydrogen-bond donors (Lipinski definition) is 2. The summed E-state index contributed by atoms with van der Waals surface area (Å²) in [5, 5.41) is 11.9. The zero-order valence-electron chi connectivity index (χ0n) is 12.1. The number of rotatable bonds is 7. The summed E-state index contributed by atoms with van der Waals surface area (Å²) in [5.74, 6) is 0.814. The zero-order chi connectivity index (χ0) is 15.0. The summed E-state index contributed by atoms with van der Waals surface area (Å²) in [5.41, 5.74) is 0. The Bertz CT molecular complexity index is 325. The molecular weight excluding hydrogens is 280 g/mol. The van der Waals surface area contributed by atoms with Crippen LogP contribution >= 0.6 is 11.8 Å². The molecule has 2 N–H and O–H groups in total. The van der Waals surface area contributed by atoms with Crippen molar-refractivity contribution in [1.29, 1.82) is 0 Å². The smallest absolute Gasteiger partial charge is 0.327 e. The van der Waals surface area contributed by atoms with Gasteiger partial charge in [-0.25, -0.2) is 9.59 Å². The van der Waals surface area contributed by atoms with Crippen molar-refractivity contribution in [3.05, 3.63) is 0 Å².